The summed E-state index contributed by atoms with van der Waals surface area (Å²) in [5, 5.41) is 20.8. The van der Waals surface area contributed by atoms with Crippen LogP contribution in [-0.4, -0.2) is 22.7 Å². The van der Waals surface area contributed by atoms with Crippen molar-refractivity contribution in [3.05, 3.63) is 39.4 Å². The number of nitrogens with zero attached hydrogens (tertiary/aromatic N) is 1. The Hall–Kier alpha value is -1.66. The van der Waals surface area contributed by atoms with Crippen molar-refractivity contribution in [1.29, 1.82) is 0 Å². The number of aliphatic hydroxyl groups is 1. The fourth-order valence-electron chi connectivity index (χ4n) is 2.13. The maximum absolute atomic E-state index is 11.9. The van der Waals surface area contributed by atoms with Gasteiger partial charge in [-0.2, -0.15) is 11.3 Å². The summed E-state index contributed by atoms with van der Waals surface area (Å²) in [5.41, 5.74) is 1.58. The number of aromatic nitrogens is 1. The van der Waals surface area contributed by atoms with Crippen molar-refractivity contribution in [3.8, 4) is 0 Å². The van der Waals surface area contributed by atoms with Crippen molar-refractivity contribution in [2.75, 3.05) is 6.54 Å². The van der Waals surface area contributed by atoms with E-state index in [2.05, 4.69) is 10.5 Å². The second-order valence-electron chi connectivity index (χ2n) is 5.37. The fourth-order valence-corrected chi connectivity index (χ4v) is 2.91. The van der Waals surface area contributed by atoms with Crippen LogP contribution in [0.25, 0.3) is 0 Å². The quantitative estimate of drug-likeness (QED) is 0.858. The third-order valence-corrected chi connectivity index (χ3v) is 4.24. The molecule has 0 saturated heterocycles. The van der Waals surface area contributed by atoms with E-state index in [1.807, 2.05) is 30.7 Å². The van der Waals surface area contributed by atoms with Crippen molar-refractivity contribution >= 4 is 17.2 Å². The zero-order valence-electron chi connectivity index (χ0n) is 12.5. The molecule has 114 valence electrons. The van der Waals surface area contributed by atoms with Gasteiger partial charge < -0.3 is 14.9 Å². The van der Waals surface area contributed by atoms with Crippen LogP contribution in [0.5, 0.6) is 0 Å². The van der Waals surface area contributed by atoms with Crippen LogP contribution in [0, 0.1) is 13.8 Å². The minimum absolute atomic E-state index is 0.0921. The van der Waals surface area contributed by atoms with Gasteiger partial charge in [-0.1, -0.05) is 5.16 Å². The molecule has 2 aromatic heterocycles. The minimum Gasteiger partial charge on any atom is -0.384 e. The molecule has 1 unspecified atom stereocenters. The molecule has 0 aromatic carbocycles. The Bertz CT molecular complexity index is 583. The first kappa shape index (κ1) is 15.7. The molecule has 6 heteroatoms. The molecule has 1 amide bonds. The summed E-state index contributed by atoms with van der Waals surface area (Å²) >= 11 is 1.52. The maximum atomic E-state index is 11.9. The molecule has 5 nitrogen and oxygen atoms in total. The number of amides is 1. The van der Waals surface area contributed by atoms with Gasteiger partial charge in [0.25, 0.3) is 0 Å². The van der Waals surface area contributed by atoms with Gasteiger partial charge in [-0.3, -0.25) is 4.79 Å². The van der Waals surface area contributed by atoms with Gasteiger partial charge in [0, 0.05) is 12.0 Å². The second-order valence-corrected chi connectivity index (χ2v) is 6.15. The molecule has 2 N–H and O–H groups in total. The predicted molar refractivity (Wildman–Crippen MR) is 81.2 cm³/mol. The molecule has 0 saturated carbocycles. The highest BCUT2D eigenvalue weighted by Crippen LogP contribution is 2.22. The smallest absolute Gasteiger partial charge is 0.220 e. The Labute approximate surface area is 128 Å². The summed E-state index contributed by atoms with van der Waals surface area (Å²) in [6.45, 7) is 5.60. The molecule has 2 heterocycles. The van der Waals surface area contributed by atoms with Crippen molar-refractivity contribution in [2.45, 2.75) is 39.2 Å². The third-order valence-electron chi connectivity index (χ3n) is 3.56. The summed E-state index contributed by atoms with van der Waals surface area (Å²) < 4.78 is 5.07. The number of rotatable bonds is 6. The molecule has 0 fully saturated rings. The van der Waals surface area contributed by atoms with Gasteiger partial charge in [-0.05, 0) is 49.6 Å². The van der Waals surface area contributed by atoms with E-state index < -0.39 is 5.60 Å². The van der Waals surface area contributed by atoms with E-state index in [1.54, 1.807) is 6.92 Å². The SMILES string of the molecule is Cc1noc(C)c1CCC(=O)NCC(C)(O)c1ccsc1. The highest BCUT2D eigenvalue weighted by Gasteiger charge is 2.24. The number of thiophene rings is 1. The second kappa shape index (κ2) is 6.41. The average molecular weight is 308 g/mol. The summed E-state index contributed by atoms with van der Waals surface area (Å²) in [6.07, 6.45) is 0.941. The highest BCUT2D eigenvalue weighted by atomic mass is 32.1. The van der Waals surface area contributed by atoms with E-state index in [-0.39, 0.29) is 12.5 Å². The summed E-state index contributed by atoms with van der Waals surface area (Å²) in [7, 11) is 0. The lowest BCUT2D eigenvalue weighted by atomic mass is 9.99. The van der Waals surface area contributed by atoms with Gasteiger partial charge in [0.2, 0.25) is 5.91 Å². The highest BCUT2D eigenvalue weighted by molar-refractivity contribution is 7.08. The zero-order chi connectivity index (χ0) is 15.5. The van der Waals surface area contributed by atoms with Crippen LogP contribution in [0.1, 0.15) is 35.9 Å². The molecular weight excluding hydrogens is 288 g/mol. The van der Waals surface area contributed by atoms with E-state index in [0.29, 0.717) is 12.8 Å². The van der Waals surface area contributed by atoms with Gasteiger partial charge in [-0.15, -0.1) is 0 Å². The molecule has 0 bridgehead atoms. The molecule has 0 aliphatic heterocycles. The van der Waals surface area contributed by atoms with E-state index in [1.165, 1.54) is 11.3 Å². The van der Waals surface area contributed by atoms with Gasteiger partial charge in [-0.25, -0.2) is 0 Å². The van der Waals surface area contributed by atoms with Crippen LogP contribution in [0.4, 0.5) is 0 Å². The third kappa shape index (κ3) is 3.92. The van der Waals surface area contributed by atoms with Gasteiger partial charge in [0.1, 0.15) is 11.4 Å². The van der Waals surface area contributed by atoms with Crippen molar-refractivity contribution < 1.29 is 14.4 Å². The molecule has 21 heavy (non-hydrogen) atoms. The monoisotopic (exact) mass is 308 g/mol. The minimum atomic E-state index is -1.04. The van der Waals surface area contributed by atoms with Crippen LogP contribution in [-0.2, 0) is 16.8 Å². The average Bonchev–Trinajstić information content (AvgIpc) is 3.06. The lowest BCUT2D eigenvalue weighted by Crippen LogP contribution is -2.38. The topological polar surface area (TPSA) is 75.4 Å². The molecular formula is C15H20N2O3S. The van der Waals surface area contributed by atoms with Gasteiger partial charge >= 0.3 is 0 Å². The van der Waals surface area contributed by atoms with Crippen LogP contribution >= 0.6 is 11.3 Å². The summed E-state index contributed by atoms with van der Waals surface area (Å²) in [6, 6.07) is 1.86. The molecule has 0 aliphatic carbocycles. The first-order valence-corrected chi connectivity index (χ1v) is 7.78. The number of carbonyl (C=O) groups is 1. The Morgan fingerprint density at radius 3 is 2.86 bits per heavy atom. The lowest BCUT2D eigenvalue weighted by molar-refractivity contribution is -0.122. The van der Waals surface area contributed by atoms with Crippen LogP contribution in [0.15, 0.2) is 21.3 Å². The Morgan fingerprint density at radius 1 is 1.52 bits per heavy atom. The normalized spacial score (nSPS) is 13.9. The first-order valence-electron chi connectivity index (χ1n) is 6.83. The lowest BCUT2D eigenvalue weighted by Gasteiger charge is -2.22. The fraction of sp³-hybridized carbons (Fsp3) is 0.467. The summed E-state index contributed by atoms with van der Waals surface area (Å²) in [5.74, 6) is 0.663. The largest absolute Gasteiger partial charge is 0.384 e. The van der Waals surface area contributed by atoms with Crippen molar-refractivity contribution in [2.24, 2.45) is 0 Å². The van der Waals surface area contributed by atoms with Crippen LogP contribution in [0.3, 0.4) is 0 Å². The molecule has 0 radical (unpaired) electrons. The van der Waals surface area contributed by atoms with Gasteiger partial charge in [0.15, 0.2) is 0 Å². The molecule has 0 aliphatic rings. The molecule has 0 spiro atoms. The Kier molecular flexibility index (Phi) is 4.80. The summed E-state index contributed by atoms with van der Waals surface area (Å²) in [4.78, 5) is 11.9. The first-order chi connectivity index (χ1) is 9.90. The maximum Gasteiger partial charge on any atom is 0.220 e. The van der Waals surface area contributed by atoms with E-state index >= 15 is 0 Å². The Balaban J connectivity index is 1.83. The molecule has 1 atom stereocenters. The molecule has 2 aromatic rings. The zero-order valence-corrected chi connectivity index (χ0v) is 13.3. The van der Waals surface area contributed by atoms with Crippen LogP contribution < -0.4 is 5.32 Å². The van der Waals surface area contributed by atoms with E-state index in [4.69, 9.17) is 4.52 Å². The standard InChI is InChI=1S/C15H20N2O3S/c1-10-13(11(2)20-17-10)4-5-14(18)16-9-15(3,19)12-6-7-21-8-12/h6-8,19H,4-5,9H2,1-3H3,(H,16,18). The number of nitrogens with one attached hydrogen (secondary N) is 1. The van der Waals surface area contributed by atoms with E-state index in [0.717, 1.165) is 22.6 Å². The number of hydrogen-bond donors (Lipinski definition) is 2. The van der Waals surface area contributed by atoms with E-state index in [9.17, 15) is 9.90 Å². The Morgan fingerprint density at radius 2 is 2.29 bits per heavy atom. The van der Waals surface area contributed by atoms with Crippen LogP contribution in [0.2, 0.25) is 0 Å². The van der Waals surface area contributed by atoms with Crippen molar-refractivity contribution in [1.82, 2.24) is 10.5 Å². The number of hydrogen-bond acceptors (Lipinski definition) is 5. The van der Waals surface area contributed by atoms with Crippen molar-refractivity contribution in [3.63, 3.8) is 0 Å². The number of aryl methyl sites for hydroxylation is 2. The molecule has 2 rings (SSSR count). The number of carbonyl (C=O) groups excluding carboxylic acids is 1. The predicted octanol–water partition coefficient (Wildman–Crippen LogP) is 2.31. The van der Waals surface area contributed by atoms with Gasteiger partial charge in [0.05, 0.1) is 12.2 Å².